The molecule has 1 aliphatic heterocycles. The molecule has 5 heteroatoms. The van der Waals surface area contributed by atoms with Crippen molar-refractivity contribution in [1.82, 2.24) is 9.97 Å². The van der Waals surface area contributed by atoms with Crippen LogP contribution in [0.15, 0.2) is 30.5 Å². The summed E-state index contributed by atoms with van der Waals surface area (Å²) < 4.78 is 11.5. The number of rotatable bonds is 3. The van der Waals surface area contributed by atoms with E-state index in [4.69, 9.17) is 9.47 Å². The molecule has 0 radical (unpaired) electrons. The van der Waals surface area contributed by atoms with Gasteiger partial charge in [-0.3, -0.25) is 0 Å². The predicted molar refractivity (Wildman–Crippen MR) is 76.1 cm³/mol. The van der Waals surface area contributed by atoms with Crippen LogP contribution in [0.2, 0.25) is 0 Å². The molecule has 1 N–H and O–H groups in total. The number of ether oxygens (including phenoxy) is 2. The van der Waals surface area contributed by atoms with Gasteiger partial charge in [0.1, 0.15) is 0 Å². The Balaban J connectivity index is 1.77. The minimum absolute atomic E-state index is 0.607. The fraction of sp³-hybridized carbons (Fsp3) is 0.333. The first kappa shape index (κ1) is 12.7. The second kappa shape index (κ2) is 5.77. The average molecular weight is 271 g/mol. The molecular weight excluding hydrogens is 254 g/mol. The normalized spacial score (nSPS) is 13.7. The number of nitrogens with one attached hydrogen (secondary N) is 1. The zero-order chi connectivity index (χ0) is 13.8. The second-order valence-electron chi connectivity index (χ2n) is 4.67. The van der Waals surface area contributed by atoms with Gasteiger partial charge in [0, 0.05) is 30.4 Å². The van der Waals surface area contributed by atoms with Crippen molar-refractivity contribution in [1.29, 1.82) is 0 Å². The predicted octanol–water partition coefficient (Wildman–Crippen LogP) is 2.56. The maximum atomic E-state index is 5.79. The first-order valence-electron chi connectivity index (χ1n) is 6.74. The fourth-order valence-electron chi connectivity index (χ4n) is 2.10. The molecule has 0 aliphatic carbocycles. The minimum Gasteiger partial charge on any atom is -0.490 e. The van der Waals surface area contributed by atoms with E-state index in [0.717, 1.165) is 29.2 Å². The highest BCUT2D eigenvalue weighted by Crippen LogP contribution is 2.33. The summed E-state index contributed by atoms with van der Waals surface area (Å²) in [6.45, 7) is 3.93. The van der Waals surface area contributed by atoms with Gasteiger partial charge in [-0.15, -0.1) is 0 Å². The van der Waals surface area contributed by atoms with Crippen LogP contribution in [-0.2, 0) is 6.54 Å². The molecule has 0 fully saturated rings. The van der Waals surface area contributed by atoms with Gasteiger partial charge in [0.15, 0.2) is 11.5 Å². The van der Waals surface area contributed by atoms with Crippen LogP contribution in [0.5, 0.6) is 11.5 Å². The van der Waals surface area contributed by atoms with Crippen LogP contribution >= 0.6 is 0 Å². The van der Waals surface area contributed by atoms with Gasteiger partial charge in [0.25, 0.3) is 0 Å². The van der Waals surface area contributed by atoms with E-state index >= 15 is 0 Å². The van der Waals surface area contributed by atoms with E-state index in [2.05, 4.69) is 15.3 Å². The summed E-state index contributed by atoms with van der Waals surface area (Å²) in [5.41, 5.74) is 1.99. The van der Waals surface area contributed by atoms with Crippen molar-refractivity contribution in [2.75, 3.05) is 18.5 Å². The van der Waals surface area contributed by atoms with E-state index in [0.29, 0.717) is 25.7 Å². The maximum Gasteiger partial charge on any atom is 0.223 e. The van der Waals surface area contributed by atoms with Crippen LogP contribution in [0.25, 0.3) is 0 Å². The van der Waals surface area contributed by atoms with Gasteiger partial charge in [-0.1, -0.05) is 12.1 Å². The van der Waals surface area contributed by atoms with Crippen LogP contribution in [0, 0.1) is 6.92 Å². The largest absolute Gasteiger partial charge is 0.490 e. The number of para-hydroxylation sites is 1. The lowest BCUT2D eigenvalue weighted by molar-refractivity contribution is 0.296. The average Bonchev–Trinajstić information content (AvgIpc) is 2.71. The Kier molecular flexibility index (Phi) is 3.67. The summed E-state index contributed by atoms with van der Waals surface area (Å²) in [6.07, 6.45) is 2.65. The van der Waals surface area contributed by atoms with Gasteiger partial charge in [-0.05, 0) is 19.1 Å². The first-order chi connectivity index (χ1) is 9.83. The Hall–Kier alpha value is -2.30. The summed E-state index contributed by atoms with van der Waals surface area (Å²) >= 11 is 0. The molecule has 0 amide bonds. The lowest BCUT2D eigenvalue weighted by atomic mass is 10.2. The number of hydrogen-bond donors (Lipinski definition) is 1. The van der Waals surface area contributed by atoms with Crippen molar-refractivity contribution < 1.29 is 9.47 Å². The van der Waals surface area contributed by atoms with Crippen molar-refractivity contribution in [2.24, 2.45) is 0 Å². The van der Waals surface area contributed by atoms with E-state index < -0.39 is 0 Å². The topological polar surface area (TPSA) is 56.3 Å². The molecule has 0 spiro atoms. The summed E-state index contributed by atoms with van der Waals surface area (Å²) in [7, 11) is 0. The number of hydrogen-bond acceptors (Lipinski definition) is 5. The smallest absolute Gasteiger partial charge is 0.223 e. The van der Waals surface area contributed by atoms with Crippen molar-refractivity contribution in [2.45, 2.75) is 19.9 Å². The molecule has 3 rings (SSSR count). The van der Waals surface area contributed by atoms with Crippen molar-refractivity contribution in [3.05, 3.63) is 41.7 Å². The lowest BCUT2D eigenvalue weighted by Crippen LogP contribution is -2.06. The van der Waals surface area contributed by atoms with Crippen LogP contribution in [0.3, 0.4) is 0 Å². The summed E-state index contributed by atoms with van der Waals surface area (Å²) in [6, 6.07) is 7.81. The van der Waals surface area contributed by atoms with Crippen molar-refractivity contribution in [3.63, 3.8) is 0 Å². The van der Waals surface area contributed by atoms with Crippen molar-refractivity contribution in [3.8, 4) is 11.5 Å². The molecular formula is C15H17N3O2. The van der Waals surface area contributed by atoms with E-state index in [1.807, 2.05) is 31.2 Å². The van der Waals surface area contributed by atoms with Crippen LogP contribution in [0.1, 0.15) is 17.7 Å². The van der Waals surface area contributed by atoms with Crippen LogP contribution in [-0.4, -0.2) is 23.2 Å². The van der Waals surface area contributed by atoms with E-state index in [1.165, 1.54) is 0 Å². The summed E-state index contributed by atoms with van der Waals surface area (Å²) in [5.74, 6) is 2.26. The minimum atomic E-state index is 0.607. The molecule has 0 bridgehead atoms. The number of aromatic nitrogens is 2. The Morgan fingerprint density at radius 1 is 1.20 bits per heavy atom. The monoisotopic (exact) mass is 271 g/mol. The Bertz CT molecular complexity index is 601. The third-order valence-electron chi connectivity index (χ3n) is 3.08. The maximum absolute atomic E-state index is 5.79. The molecule has 5 nitrogen and oxygen atoms in total. The molecule has 0 unspecified atom stereocenters. The van der Waals surface area contributed by atoms with Gasteiger partial charge >= 0.3 is 0 Å². The van der Waals surface area contributed by atoms with Gasteiger partial charge in [0.05, 0.1) is 13.2 Å². The highest BCUT2D eigenvalue weighted by molar-refractivity contribution is 5.48. The summed E-state index contributed by atoms with van der Waals surface area (Å²) in [4.78, 5) is 8.52. The molecule has 2 heterocycles. The highest BCUT2D eigenvalue weighted by Gasteiger charge is 2.14. The fourth-order valence-corrected chi connectivity index (χ4v) is 2.10. The highest BCUT2D eigenvalue weighted by atomic mass is 16.5. The molecule has 2 aromatic rings. The van der Waals surface area contributed by atoms with E-state index in [-0.39, 0.29) is 0 Å². The summed E-state index contributed by atoms with van der Waals surface area (Å²) in [5, 5.41) is 3.21. The Labute approximate surface area is 118 Å². The molecule has 1 aromatic carbocycles. The second-order valence-corrected chi connectivity index (χ2v) is 4.67. The van der Waals surface area contributed by atoms with E-state index in [1.54, 1.807) is 6.20 Å². The van der Waals surface area contributed by atoms with Crippen LogP contribution in [0.4, 0.5) is 5.95 Å². The third kappa shape index (κ3) is 2.82. The molecule has 20 heavy (non-hydrogen) atoms. The van der Waals surface area contributed by atoms with Gasteiger partial charge in [-0.2, -0.15) is 0 Å². The molecule has 0 atom stereocenters. The first-order valence-corrected chi connectivity index (χ1v) is 6.74. The number of nitrogens with zero attached hydrogens (tertiary/aromatic N) is 2. The molecule has 0 saturated carbocycles. The van der Waals surface area contributed by atoms with E-state index in [9.17, 15) is 0 Å². The molecule has 1 aliphatic rings. The zero-order valence-electron chi connectivity index (χ0n) is 11.4. The quantitative estimate of drug-likeness (QED) is 0.929. The molecule has 104 valence electrons. The lowest BCUT2D eigenvalue weighted by Gasteiger charge is -2.13. The number of anilines is 1. The third-order valence-corrected chi connectivity index (χ3v) is 3.08. The Morgan fingerprint density at radius 2 is 2.10 bits per heavy atom. The Morgan fingerprint density at radius 3 is 3.00 bits per heavy atom. The zero-order valence-corrected chi connectivity index (χ0v) is 11.4. The van der Waals surface area contributed by atoms with Gasteiger partial charge < -0.3 is 14.8 Å². The number of aryl methyl sites for hydroxylation is 1. The molecule has 1 aromatic heterocycles. The van der Waals surface area contributed by atoms with Gasteiger partial charge in [-0.25, -0.2) is 9.97 Å². The van der Waals surface area contributed by atoms with Crippen molar-refractivity contribution >= 4 is 5.95 Å². The number of fused-ring (bicyclic) bond motifs is 1. The standard InChI is InChI=1S/C15H17N3O2/c1-11-6-7-16-15(18-11)17-10-12-4-2-5-13-14(12)20-9-3-8-19-13/h2,4-7H,3,8-10H2,1H3,(H,16,17,18). The van der Waals surface area contributed by atoms with Gasteiger partial charge in [0.2, 0.25) is 5.95 Å². The van der Waals surface area contributed by atoms with Crippen LogP contribution < -0.4 is 14.8 Å². The number of benzene rings is 1. The SMILES string of the molecule is Cc1ccnc(NCc2cccc3c2OCCCO3)n1. The molecule has 0 saturated heterocycles.